The number of halogens is 5. The molecule has 0 N–H and O–H groups in total. The van der Waals surface area contributed by atoms with Gasteiger partial charge in [0.2, 0.25) is 0 Å². The van der Waals surface area contributed by atoms with E-state index in [2.05, 4.69) is 4.74 Å². The predicted molar refractivity (Wildman–Crippen MR) is 67.2 cm³/mol. The molecule has 1 aromatic carbocycles. The van der Waals surface area contributed by atoms with Crippen LogP contribution in [-0.4, -0.2) is 36.5 Å². The number of benzene rings is 1. The predicted octanol–water partition coefficient (Wildman–Crippen LogP) is 3.09. The van der Waals surface area contributed by atoms with Crippen molar-refractivity contribution in [2.75, 3.05) is 13.7 Å². The molecule has 22 heavy (non-hydrogen) atoms. The summed E-state index contributed by atoms with van der Waals surface area (Å²) in [5.41, 5.74) is -0.646. The zero-order valence-corrected chi connectivity index (χ0v) is 11.7. The highest BCUT2D eigenvalue weighted by Gasteiger charge is 2.48. The summed E-state index contributed by atoms with van der Waals surface area (Å²) in [6, 6.07) is 3.25. The molecule has 1 aliphatic heterocycles. The van der Waals surface area contributed by atoms with Crippen molar-refractivity contribution in [2.24, 2.45) is 0 Å². The molecule has 3 nitrogen and oxygen atoms in total. The number of ether oxygens (including phenoxy) is 1. The molecular formula is C14H14F5NO2. The Morgan fingerprint density at radius 1 is 1.41 bits per heavy atom. The normalized spacial score (nSPS) is 21.8. The summed E-state index contributed by atoms with van der Waals surface area (Å²) in [5, 5.41) is 0. The van der Waals surface area contributed by atoms with Crippen molar-refractivity contribution in [1.82, 2.24) is 4.90 Å². The second-order valence-electron chi connectivity index (χ2n) is 5.20. The average Bonchev–Trinajstić information content (AvgIpc) is 2.72. The van der Waals surface area contributed by atoms with Crippen LogP contribution in [0.1, 0.15) is 17.5 Å². The van der Waals surface area contributed by atoms with Gasteiger partial charge in [-0.3, -0.25) is 9.69 Å². The molecule has 1 heterocycles. The first kappa shape index (κ1) is 16.7. The van der Waals surface area contributed by atoms with Gasteiger partial charge in [0, 0.05) is 13.0 Å². The second kappa shape index (κ2) is 5.83. The van der Waals surface area contributed by atoms with Crippen LogP contribution in [0.2, 0.25) is 0 Å². The zero-order valence-electron chi connectivity index (χ0n) is 11.7. The summed E-state index contributed by atoms with van der Waals surface area (Å²) in [4.78, 5) is 12.7. The minimum Gasteiger partial charge on any atom is -0.468 e. The van der Waals surface area contributed by atoms with E-state index in [-0.39, 0.29) is 12.1 Å². The van der Waals surface area contributed by atoms with Crippen LogP contribution >= 0.6 is 0 Å². The van der Waals surface area contributed by atoms with E-state index in [0.717, 1.165) is 24.1 Å². The number of carbonyl (C=O) groups is 1. The van der Waals surface area contributed by atoms with Crippen molar-refractivity contribution in [3.8, 4) is 0 Å². The first-order valence-electron chi connectivity index (χ1n) is 6.48. The molecule has 1 saturated heterocycles. The van der Waals surface area contributed by atoms with Crippen LogP contribution in [0, 0.1) is 0 Å². The molecule has 0 unspecified atom stereocenters. The van der Waals surface area contributed by atoms with Gasteiger partial charge in [-0.05, 0) is 11.6 Å². The third-order valence-electron chi connectivity index (χ3n) is 3.48. The molecular weight excluding hydrogens is 309 g/mol. The molecule has 0 aliphatic carbocycles. The van der Waals surface area contributed by atoms with Gasteiger partial charge in [-0.15, -0.1) is 0 Å². The number of carbonyl (C=O) groups excluding carboxylic acids is 1. The first-order chi connectivity index (χ1) is 10.1. The van der Waals surface area contributed by atoms with Crippen LogP contribution in [0.4, 0.5) is 22.0 Å². The van der Waals surface area contributed by atoms with Gasteiger partial charge in [-0.1, -0.05) is 18.2 Å². The minimum atomic E-state index is -4.51. The Kier molecular flexibility index (Phi) is 4.42. The van der Waals surface area contributed by atoms with E-state index in [4.69, 9.17) is 0 Å². The van der Waals surface area contributed by atoms with Gasteiger partial charge < -0.3 is 4.74 Å². The lowest BCUT2D eigenvalue weighted by Crippen LogP contribution is -2.36. The molecule has 0 bridgehead atoms. The van der Waals surface area contributed by atoms with Gasteiger partial charge in [-0.2, -0.15) is 13.2 Å². The van der Waals surface area contributed by atoms with Crippen molar-refractivity contribution < 1.29 is 31.5 Å². The third kappa shape index (κ3) is 3.73. The Bertz CT molecular complexity index is 558. The Morgan fingerprint density at radius 2 is 2.09 bits per heavy atom. The molecule has 2 rings (SSSR count). The van der Waals surface area contributed by atoms with Crippen LogP contribution in [0.25, 0.3) is 0 Å². The van der Waals surface area contributed by atoms with Gasteiger partial charge in [0.05, 0.1) is 19.2 Å². The highest BCUT2D eigenvalue weighted by atomic mass is 19.4. The molecule has 0 radical (unpaired) electrons. The molecule has 0 amide bonds. The van der Waals surface area contributed by atoms with Crippen molar-refractivity contribution >= 4 is 5.97 Å². The third-order valence-corrected chi connectivity index (χ3v) is 3.48. The SMILES string of the molecule is COC(=O)[C@H]1CC(F)(F)CN1Cc1cccc(C(F)(F)F)c1. The summed E-state index contributed by atoms with van der Waals surface area (Å²) in [7, 11) is 1.08. The monoisotopic (exact) mass is 323 g/mol. The van der Waals surface area contributed by atoms with Crippen LogP contribution in [0.3, 0.4) is 0 Å². The lowest BCUT2D eigenvalue weighted by molar-refractivity contribution is -0.146. The van der Waals surface area contributed by atoms with E-state index in [9.17, 15) is 26.7 Å². The highest BCUT2D eigenvalue weighted by Crippen LogP contribution is 2.34. The molecule has 0 spiro atoms. The number of likely N-dealkylation sites (tertiary alicyclic amines) is 1. The summed E-state index contributed by atoms with van der Waals surface area (Å²) in [6.45, 7) is -0.873. The van der Waals surface area contributed by atoms with Crippen molar-refractivity contribution in [2.45, 2.75) is 31.1 Å². The fourth-order valence-corrected chi connectivity index (χ4v) is 2.50. The molecule has 0 saturated carbocycles. The van der Waals surface area contributed by atoms with E-state index in [0.29, 0.717) is 0 Å². The van der Waals surface area contributed by atoms with Crippen LogP contribution in [0.15, 0.2) is 24.3 Å². The van der Waals surface area contributed by atoms with Gasteiger partial charge >= 0.3 is 12.1 Å². The van der Waals surface area contributed by atoms with E-state index in [1.807, 2.05) is 0 Å². The summed E-state index contributed by atoms with van der Waals surface area (Å²) in [6.07, 6.45) is -5.20. The average molecular weight is 323 g/mol. The minimum absolute atomic E-state index is 0.181. The Morgan fingerprint density at radius 3 is 2.68 bits per heavy atom. The number of rotatable bonds is 3. The Hall–Kier alpha value is -1.70. The first-order valence-corrected chi connectivity index (χ1v) is 6.48. The van der Waals surface area contributed by atoms with Gasteiger partial charge in [0.25, 0.3) is 5.92 Å². The maximum atomic E-state index is 13.5. The van der Waals surface area contributed by atoms with Crippen LogP contribution < -0.4 is 0 Å². The molecule has 1 aliphatic rings. The highest BCUT2D eigenvalue weighted by molar-refractivity contribution is 5.76. The van der Waals surface area contributed by atoms with Crippen molar-refractivity contribution in [1.29, 1.82) is 0 Å². The summed E-state index contributed by atoms with van der Waals surface area (Å²) < 4.78 is 69.4. The summed E-state index contributed by atoms with van der Waals surface area (Å²) >= 11 is 0. The fourth-order valence-electron chi connectivity index (χ4n) is 2.50. The van der Waals surface area contributed by atoms with E-state index >= 15 is 0 Å². The fraction of sp³-hybridized carbons (Fsp3) is 0.500. The number of alkyl halides is 5. The second-order valence-corrected chi connectivity index (χ2v) is 5.20. The maximum absolute atomic E-state index is 13.5. The quantitative estimate of drug-likeness (QED) is 0.632. The van der Waals surface area contributed by atoms with Gasteiger partial charge in [0.1, 0.15) is 6.04 Å². The molecule has 1 aromatic rings. The van der Waals surface area contributed by atoms with Gasteiger partial charge in [-0.25, -0.2) is 8.78 Å². The molecule has 122 valence electrons. The Balaban J connectivity index is 2.20. The summed E-state index contributed by atoms with van der Waals surface area (Å²) in [5.74, 6) is -3.88. The standard InChI is InChI=1S/C14H14F5NO2/c1-22-12(21)11-6-13(15,16)8-20(11)7-9-3-2-4-10(5-9)14(17,18)19/h2-5,11H,6-8H2,1H3/t11-/m1/s1. The number of esters is 1. The Labute approximate surface area is 123 Å². The van der Waals surface area contributed by atoms with Crippen LogP contribution in [-0.2, 0) is 22.3 Å². The molecule has 1 atom stereocenters. The number of hydrogen-bond acceptors (Lipinski definition) is 3. The van der Waals surface area contributed by atoms with Crippen molar-refractivity contribution in [3.05, 3.63) is 35.4 Å². The van der Waals surface area contributed by atoms with Gasteiger partial charge in [0.15, 0.2) is 0 Å². The lowest BCUT2D eigenvalue weighted by atomic mass is 10.1. The van der Waals surface area contributed by atoms with E-state index in [1.165, 1.54) is 12.1 Å². The van der Waals surface area contributed by atoms with E-state index in [1.54, 1.807) is 0 Å². The van der Waals surface area contributed by atoms with E-state index < -0.39 is 42.6 Å². The molecule has 1 fully saturated rings. The lowest BCUT2D eigenvalue weighted by Gasteiger charge is -2.22. The largest absolute Gasteiger partial charge is 0.468 e. The number of hydrogen-bond donors (Lipinski definition) is 0. The van der Waals surface area contributed by atoms with Crippen LogP contribution in [0.5, 0.6) is 0 Å². The van der Waals surface area contributed by atoms with Crippen molar-refractivity contribution in [3.63, 3.8) is 0 Å². The molecule has 0 aromatic heterocycles. The maximum Gasteiger partial charge on any atom is 0.416 e. The smallest absolute Gasteiger partial charge is 0.416 e. The topological polar surface area (TPSA) is 29.5 Å². The zero-order chi connectivity index (χ0) is 16.5. The number of nitrogens with zero attached hydrogens (tertiary/aromatic N) is 1. The molecule has 8 heteroatoms. The number of methoxy groups -OCH3 is 1.